The summed E-state index contributed by atoms with van der Waals surface area (Å²) in [6, 6.07) is 14.6. The number of nitrogens with zero attached hydrogens (tertiary/aromatic N) is 2. The minimum Gasteiger partial charge on any atom is -0.454 e. The van der Waals surface area contributed by atoms with Crippen molar-refractivity contribution in [1.82, 2.24) is 10.2 Å². The number of hydrogen-bond acceptors (Lipinski definition) is 5. The summed E-state index contributed by atoms with van der Waals surface area (Å²) in [4.78, 5) is 6.95. The molecule has 0 amide bonds. The summed E-state index contributed by atoms with van der Waals surface area (Å²) in [5, 5.41) is 3.38. The number of ether oxygens (including phenoxy) is 4. The van der Waals surface area contributed by atoms with Crippen molar-refractivity contribution in [2.45, 2.75) is 45.6 Å². The van der Waals surface area contributed by atoms with Crippen molar-refractivity contribution in [2.75, 3.05) is 33.6 Å². The average Bonchev–Trinajstić information content (AvgIpc) is 3.29. The van der Waals surface area contributed by atoms with E-state index in [9.17, 15) is 0 Å². The molecule has 0 unspecified atom stereocenters. The zero-order chi connectivity index (χ0) is 22.2. The molecule has 32 heavy (non-hydrogen) atoms. The Kier molecular flexibility index (Phi) is 7.85. The van der Waals surface area contributed by atoms with Gasteiger partial charge in [-0.25, -0.2) is 4.99 Å². The molecule has 0 aromatic heterocycles. The molecule has 2 aliphatic rings. The molecule has 0 spiro atoms. The van der Waals surface area contributed by atoms with E-state index in [0.717, 1.165) is 62.2 Å². The third-order valence-electron chi connectivity index (χ3n) is 5.64. The van der Waals surface area contributed by atoms with Crippen LogP contribution in [0.15, 0.2) is 47.5 Å². The van der Waals surface area contributed by atoms with Gasteiger partial charge in [-0.2, -0.15) is 0 Å². The van der Waals surface area contributed by atoms with Crippen molar-refractivity contribution in [3.63, 3.8) is 0 Å². The standard InChI is InChI=1S/C25H33N3O4/c1-3-26-25(28(2)16-21-8-9-23-24(14-21)32-18-31-23)27-15-19-4-6-20(7-5-19)17-30-22-10-12-29-13-11-22/h4-9,14,22H,3,10-13,15-18H2,1-2H3,(H,26,27). The fourth-order valence-electron chi connectivity index (χ4n) is 3.82. The second-order valence-corrected chi connectivity index (χ2v) is 8.15. The molecule has 2 aromatic rings. The summed E-state index contributed by atoms with van der Waals surface area (Å²) in [5.41, 5.74) is 3.51. The molecule has 2 aliphatic heterocycles. The Balaban J connectivity index is 1.31. The Morgan fingerprint density at radius 2 is 1.75 bits per heavy atom. The number of hydrogen-bond donors (Lipinski definition) is 1. The Hall–Kier alpha value is -2.77. The molecule has 7 heteroatoms. The lowest BCUT2D eigenvalue weighted by Gasteiger charge is -2.22. The highest BCUT2D eigenvalue weighted by Crippen LogP contribution is 2.32. The monoisotopic (exact) mass is 439 g/mol. The third kappa shape index (κ3) is 6.14. The zero-order valence-corrected chi connectivity index (χ0v) is 19.0. The van der Waals surface area contributed by atoms with Gasteiger partial charge in [0.05, 0.1) is 19.3 Å². The maximum absolute atomic E-state index is 6.01. The maximum Gasteiger partial charge on any atom is 0.231 e. The topological polar surface area (TPSA) is 64.6 Å². The smallest absolute Gasteiger partial charge is 0.231 e. The van der Waals surface area contributed by atoms with Crippen LogP contribution in [0.4, 0.5) is 0 Å². The molecule has 2 heterocycles. The first-order valence-corrected chi connectivity index (χ1v) is 11.4. The van der Waals surface area contributed by atoms with E-state index in [2.05, 4.69) is 47.5 Å². The predicted octanol–water partition coefficient (Wildman–Crippen LogP) is 3.71. The predicted molar refractivity (Wildman–Crippen MR) is 124 cm³/mol. The van der Waals surface area contributed by atoms with Gasteiger partial charge in [0.25, 0.3) is 0 Å². The molecule has 2 aromatic carbocycles. The fourth-order valence-corrected chi connectivity index (χ4v) is 3.82. The average molecular weight is 440 g/mol. The lowest BCUT2D eigenvalue weighted by atomic mass is 10.1. The molecule has 1 fully saturated rings. The van der Waals surface area contributed by atoms with Crippen LogP contribution >= 0.6 is 0 Å². The van der Waals surface area contributed by atoms with E-state index in [-0.39, 0.29) is 0 Å². The van der Waals surface area contributed by atoms with Gasteiger partial charge in [0, 0.05) is 33.4 Å². The molecule has 0 bridgehead atoms. The molecule has 0 aliphatic carbocycles. The Bertz CT molecular complexity index is 895. The van der Waals surface area contributed by atoms with E-state index in [1.54, 1.807) is 0 Å². The molecule has 1 saturated heterocycles. The van der Waals surface area contributed by atoms with Crippen LogP contribution in [0.1, 0.15) is 36.5 Å². The van der Waals surface area contributed by atoms with E-state index in [1.807, 2.05) is 19.2 Å². The fraction of sp³-hybridized carbons (Fsp3) is 0.480. The summed E-state index contributed by atoms with van der Waals surface area (Å²) in [5.74, 6) is 2.48. The van der Waals surface area contributed by atoms with Crippen LogP contribution in [0, 0.1) is 0 Å². The van der Waals surface area contributed by atoms with Crippen molar-refractivity contribution in [3.05, 3.63) is 59.2 Å². The molecular formula is C25H33N3O4. The van der Waals surface area contributed by atoms with Crippen molar-refractivity contribution >= 4 is 5.96 Å². The maximum atomic E-state index is 6.01. The van der Waals surface area contributed by atoms with Crippen LogP contribution in [0.25, 0.3) is 0 Å². The van der Waals surface area contributed by atoms with Crippen molar-refractivity contribution in [2.24, 2.45) is 4.99 Å². The second-order valence-electron chi connectivity index (χ2n) is 8.15. The summed E-state index contributed by atoms with van der Waals surface area (Å²) in [6.45, 7) is 6.79. The molecule has 0 atom stereocenters. The number of fused-ring (bicyclic) bond motifs is 1. The van der Waals surface area contributed by atoms with E-state index < -0.39 is 0 Å². The lowest BCUT2D eigenvalue weighted by molar-refractivity contribution is -0.0390. The van der Waals surface area contributed by atoms with Crippen LogP contribution in [-0.4, -0.2) is 50.6 Å². The Morgan fingerprint density at radius 3 is 2.53 bits per heavy atom. The quantitative estimate of drug-likeness (QED) is 0.500. The van der Waals surface area contributed by atoms with Crippen LogP contribution in [0.5, 0.6) is 11.5 Å². The number of rotatable bonds is 8. The first-order chi connectivity index (χ1) is 15.7. The first-order valence-electron chi connectivity index (χ1n) is 11.4. The largest absolute Gasteiger partial charge is 0.454 e. The lowest BCUT2D eigenvalue weighted by Crippen LogP contribution is -2.38. The highest BCUT2D eigenvalue weighted by molar-refractivity contribution is 5.79. The van der Waals surface area contributed by atoms with E-state index in [4.69, 9.17) is 23.9 Å². The molecule has 0 saturated carbocycles. The number of guanidine groups is 1. The Labute approximate surface area is 190 Å². The van der Waals surface area contributed by atoms with E-state index in [1.165, 1.54) is 11.1 Å². The van der Waals surface area contributed by atoms with E-state index >= 15 is 0 Å². The Morgan fingerprint density at radius 1 is 1.03 bits per heavy atom. The molecule has 7 nitrogen and oxygen atoms in total. The van der Waals surface area contributed by atoms with Gasteiger partial charge in [-0.1, -0.05) is 30.3 Å². The van der Waals surface area contributed by atoms with Crippen LogP contribution in [0.3, 0.4) is 0 Å². The molecular weight excluding hydrogens is 406 g/mol. The second kappa shape index (κ2) is 11.2. The normalized spacial score (nSPS) is 16.2. The van der Waals surface area contributed by atoms with Crippen LogP contribution in [-0.2, 0) is 29.2 Å². The summed E-state index contributed by atoms with van der Waals surface area (Å²) < 4.78 is 22.3. The number of benzene rings is 2. The highest BCUT2D eigenvalue weighted by atomic mass is 16.7. The minimum atomic E-state index is 0.291. The number of aliphatic imine (C=N–C) groups is 1. The number of nitrogens with one attached hydrogen (secondary N) is 1. The van der Waals surface area contributed by atoms with Gasteiger partial charge >= 0.3 is 0 Å². The van der Waals surface area contributed by atoms with E-state index in [0.29, 0.717) is 26.0 Å². The molecule has 4 rings (SSSR count). The SMILES string of the molecule is CCNC(=NCc1ccc(COC2CCOCC2)cc1)N(C)Cc1ccc2c(c1)OCO2. The minimum absolute atomic E-state index is 0.291. The van der Waals surface area contributed by atoms with Crippen molar-refractivity contribution < 1.29 is 18.9 Å². The molecule has 172 valence electrons. The zero-order valence-electron chi connectivity index (χ0n) is 19.0. The van der Waals surface area contributed by atoms with Crippen molar-refractivity contribution in [1.29, 1.82) is 0 Å². The van der Waals surface area contributed by atoms with Gasteiger partial charge in [-0.05, 0) is 48.6 Å². The van der Waals surface area contributed by atoms with Crippen LogP contribution in [0.2, 0.25) is 0 Å². The molecule has 1 N–H and O–H groups in total. The van der Waals surface area contributed by atoms with Gasteiger partial charge in [-0.15, -0.1) is 0 Å². The van der Waals surface area contributed by atoms with Gasteiger partial charge < -0.3 is 29.2 Å². The van der Waals surface area contributed by atoms with Gasteiger partial charge in [0.2, 0.25) is 6.79 Å². The van der Waals surface area contributed by atoms with Gasteiger partial charge in [0.1, 0.15) is 0 Å². The van der Waals surface area contributed by atoms with Gasteiger partial charge in [0.15, 0.2) is 17.5 Å². The summed E-state index contributed by atoms with van der Waals surface area (Å²) in [7, 11) is 2.04. The van der Waals surface area contributed by atoms with Crippen molar-refractivity contribution in [3.8, 4) is 11.5 Å². The van der Waals surface area contributed by atoms with Crippen LogP contribution < -0.4 is 14.8 Å². The highest BCUT2D eigenvalue weighted by Gasteiger charge is 2.15. The summed E-state index contributed by atoms with van der Waals surface area (Å²) in [6.07, 6.45) is 2.29. The third-order valence-corrected chi connectivity index (χ3v) is 5.64. The van der Waals surface area contributed by atoms with Gasteiger partial charge in [-0.3, -0.25) is 0 Å². The summed E-state index contributed by atoms with van der Waals surface area (Å²) >= 11 is 0. The molecule has 0 radical (unpaired) electrons. The first kappa shape index (κ1) is 22.4.